The fourth-order valence-corrected chi connectivity index (χ4v) is 2.55. The lowest BCUT2D eigenvalue weighted by molar-refractivity contribution is 0.102. The first-order chi connectivity index (χ1) is 10.0. The van der Waals surface area contributed by atoms with E-state index in [4.69, 9.17) is 9.47 Å². The highest BCUT2D eigenvalue weighted by atomic mass is 79.9. The molecule has 1 N–H and O–H groups in total. The van der Waals surface area contributed by atoms with Crippen LogP contribution in [0.5, 0.6) is 11.5 Å². The normalized spacial score (nSPS) is 10.1. The molecule has 0 atom stereocenters. The van der Waals surface area contributed by atoms with Gasteiger partial charge >= 0.3 is 0 Å². The summed E-state index contributed by atoms with van der Waals surface area (Å²) in [5, 5.41) is 2.83. The van der Waals surface area contributed by atoms with Crippen LogP contribution in [0, 0.1) is 0 Å². The summed E-state index contributed by atoms with van der Waals surface area (Å²) in [4.78, 5) is 12.4. The summed E-state index contributed by atoms with van der Waals surface area (Å²) in [6.45, 7) is 0. The van der Waals surface area contributed by atoms with Gasteiger partial charge in [0.2, 0.25) is 0 Å². The molecule has 0 spiro atoms. The van der Waals surface area contributed by atoms with Gasteiger partial charge in [0, 0.05) is 15.0 Å². The predicted molar refractivity (Wildman–Crippen MR) is 89.3 cm³/mol. The summed E-state index contributed by atoms with van der Waals surface area (Å²) in [5.74, 6) is 0.967. The number of hydrogen-bond acceptors (Lipinski definition) is 3. The van der Waals surface area contributed by atoms with Gasteiger partial charge in [0.1, 0.15) is 11.5 Å². The maximum Gasteiger partial charge on any atom is 0.256 e. The highest BCUT2D eigenvalue weighted by molar-refractivity contribution is 9.11. The van der Waals surface area contributed by atoms with Crippen molar-refractivity contribution in [3.63, 3.8) is 0 Å². The first-order valence-corrected chi connectivity index (χ1v) is 7.62. The van der Waals surface area contributed by atoms with Gasteiger partial charge in [0.25, 0.3) is 5.91 Å². The first-order valence-electron chi connectivity index (χ1n) is 6.03. The number of amides is 1. The summed E-state index contributed by atoms with van der Waals surface area (Å²) in [6, 6.07) is 10.6. The molecular formula is C15H13Br2NO3. The van der Waals surface area contributed by atoms with Crippen LogP contribution in [0.2, 0.25) is 0 Å². The van der Waals surface area contributed by atoms with Gasteiger partial charge in [-0.15, -0.1) is 0 Å². The van der Waals surface area contributed by atoms with Gasteiger partial charge in [-0.3, -0.25) is 4.79 Å². The van der Waals surface area contributed by atoms with Gasteiger partial charge in [-0.25, -0.2) is 0 Å². The highest BCUT2D eigenvalue weighted by Gasteiger charge is 2.13. The van der Waals surface area contributed by atoms with Gasteiger partial charge in [-0.05, 0) is 46.3 Å². The van der Waals surface area contributed by atoms with E-state index in [1.807, 2.05) is 12.1 Å². The maximum absolute atomic E-state index is 12.4. The third-order valence-electron chi connectivity index (χ3n) is 2.83. The van der Waals surface area contributed by atoms with E-state index < -0.39 is 0 Å². The lowest BCUT2D eigenvalue weighted by Gasteiger charge is -2.12. The molecule has 0 heterocycles. The van der Waals surface area contributed by atoms with Crippen molar-refractivity contribution in [3.8, 4) is 11.5 Å². The van der Waals surface area contributed by atoms with Gasteiger partial charge in [0.05, 0.1) is 25.5 Å². The van der Waals surface area contributed by atoms with Crippen LogP contribution in [0.1, 0.15) is 10.4 Å². The Morgan fingerprint density at radius 2 is 1.81 bits per heavy atom. The second kappa shape index (κ2) is 6.95. The van der Waals surface area contributed by atoms with Crippen LogP contribution in [0.15, 0.2) is 45.3 Å². The Morgan fingerprint density at radius 3 is 2.48 bits per heavy atom. The average Bonchev–Trinajstić information content (AvgIpc) is 2.49. The van der Waals surface area contributed by atoms with E-state index in [1.165, 1.54) is 0 Å². The Hall–Kier alpha value is -1.53. The molecule has 1 amide bonds. The molecule has 2 aromatic carbocycles. The van der Waals surface area contributed by atoms with Gasteiger partial charge in [-0.2, -0.15) is 0 Å². The summed E-state index contributed by atoms with van der Waals surface area (Å²) in [5.41, 5.74) is 1.11. The fourth-order valence-electron chi connectivity index (χ4n) is 1.76. The third-order valence-corrected chi connectivity index (χ3v) is 4.01. The Morgan fingerprint density at radius 1 is 1.05 bits per heavy atom. The first kappa shape index (κ1) is 15.9. The van der Waals surface area contributed by atoms with Gasteiger partial charge < -0.3 is 14.8 Å². The molecule has 0 aliphatic carbocycles. The zero-order chi connectivity index (χ0) is 15.4. The molecular weight excluding hydrogens is 402 g/mol. The smallest absolute Gasteiger partial charge is 0.256 e. The molecule has 0 saturated heterocycles. The quantitative estimate of drug-likeness (QED) is 0.802. The molecule has 0 aliphatic heterocycles. The van der Waals surface area contributed by atoms with Crippen molar-refractivity contribution in [2.24, 2.45) is 0 Å². The molecule has 0 bridgehead atoms. The lowest BCUT2D eigenvalue weighted by atomic mass is 10.2. The zero-order valence-electron chi connectivity index (χ0n) is 11.4. The molecule has 6 heteroatoms. The molecule has 0 fully saturated rings. The van der Waals surface area contributed by atoms with Crippen molar-refractivity contribution in [3.05, 3.63) is 50.9 Å². The van der Waals surface area contributed by atoms with Crippen LogP contribution < -0.4 is 14.8 Å². The van der Waals surface area contributed by atoms with Gasteiger partial charge in [0.15, 0.2) is 0 Å². The Balaban J connectivity index is 2.29. The minimum atomic E-state index is -0.230. The number of halogens is 2. The molecule has 0 aromatic heterocycles. The van der Waals surface area contributed by atoms with Crippen LogP contribution in [0.25, 0.3) is 0 Å². The van der Waals surface area contributed by atoms with Crippen LogP contribution in [0.4, 0.5) is 5.69 Å². The second-order valence-electron chi connectivity index (χ2n) is 4.14. The molecule has 0 radical (unpaired) electrons. The molecule has 0 saturated carbocycles. The fraction of sp³-hybridized carbons (Fsp3) is 0.133. The molecule has 4 nitrogen and oxygen atoms in total. The lowest BCUT2D eigenvalue weighted by Crippen LogP contribution is -2.13. The van der Waals surface area contributed by atoms with E-state index in [-0.39, 0.29) is 5.91 Å². The molecule has 110 valence electrons. The van der Waals surface area contributed by atoms with Crippen molar-refractivity contribution in [2.75, 3.05) is 19.5 Å². The number of hydrogen-bond donors (Lipinski definition) is 1. The van der Waals surface area contributed by atoms with Crippen molar-refractivity contribution in [1.29, 1.82) is 0 Å². The zero-order valence-corrected chi connectivity index (χ0v) is 14.6. The van der Waals surface area contributed by atoms with E-state index in [0.29, 0.717) is 22.7 Å². The number of rotatable bonds is 4. The van der Waals surface area contributed by atoms with Crippen LogP contribution in [-0.4, -0.2) is 20.1 Å². The van der Waals surface area contributed by atoms with E-state index in [0.717, 1.165) is 8.95 Å². The Bertz CT molecular complexity index is 674. The van der Waals surface area contributed by atoms with Gasteiger partial charge in [-0.1, -0.05) is 15.9 Å². The molecule has 21 heavy (non-hydrogen) atoms. The molecule has 2 aromatic rings. The molecule has 2 rings (SSSR count). The minimum Gasteiger partial charge on any atom is -0.497 e. The monoisotopic (exact) mass is 413 g/mol. The Kier molecular flexibility index (Phi) is 5.25. The summed E-state index contributed by atoms with van der Waals surface area (Å²) >= 11 is 6.72. The maximum atomic E-state index is 12.4. The summed E-state index contributed by atoms with van der Waals surface area (Å²) in [7, 11) is 3.12. The van der Waals surface area contributed by atoms with E-state index >= 15 is 0 Å². The van der Waals surface area contributed by atoms with Crippen molar-refractivity contribution < 1.29 is 14.3 Å². The van der Waals surface area contributed by atoms with E-state index in [9.17, 15) is 4.79 Å². The number of carbonyl (C=O) groups excluding carboxylic acids is 1. The van der Waals surface area contributed by atoms with Crippen LogP contribution in [-0.2, 0) is 0 Å². The largest absolute Gasteiger partial charge is 0.497 e. The number of benzene rings is 2. The SMILES string of the molecule is COc1ccc(NC(=O)c2cc(Br)ccc2Br)c(OC)c1. The minimum absolute atomic E-state index is 0.230. The number of nitrogens with one attached hydrogen (secondary N) is 1. The van der Waals surface area contributed by atoms with Crippen molar-refractivity contribution >= 4 is 43.5 Å². The average molecular weight is 415 g/mol. The number of carbonyl (C=O) groups is 1. The third kappa shape index (κ3) is 3.77. The van der Waals surface area contributed by atoms with E-state index in [2.05, 4.69) is 37.2 Å². The topological polar surface area (TPSA) is 47.6 Å². The predicted octanol–water partition coefficient (Wildman–Crippen LogP) is 4.48. The van der Waals surface area contributed by atoms with Crippen LogP contribution >= 0.6 is 31.9 Å². The molecule has 0 aliphatic rings. The number of methoxy groups -OCH3 is 2. The van der Waals surface area contributed by atoms with Crippen molar-refractivity contribution in [1.82, 2.24) is 0 Å². The van der Waals surface area contributed by atoms with Crippen molar-refractivity contribution in [2.45, 2.75) is 0 Å². The number of anilines is 1. The standard InChI is InChI=1S/C15H13Br2NO3/c1-20-10-4-6-13(14(8-10)21-2)18-15(19)11-7-9(16)3-5-12(11)17/h3-8H,1-2H3,(H,18,19). The Labute approximate surface area is 139 Å². The van der Waals surface area contributed by atoms with Crippen LogP contribution in [0.3, 0.4) is 0 Å². The molecule has 0 unspecified atom stereocenters. The summed E-state index contributed by atoms with van der Waals surface area (Å²) < 4.78 is 11.9. The summed E-state index contributed by atoms with van der Waals surface area (Å²) in [6.07, 6.45) is 0. The second-order valence-corrected chi connectivity index (χ2v) is 5.91. The number of ether oxygens (including phenoxy) is 2. The van der Waals surface area contributed by atoms with E-state index in [1.54, 1.807) is 38.5 Å². The highest BCUT2D eigenvalue weighted by Crippen LogP contribution is 2.30.